The molecule has 0 aliphatic heterocycles. The minimum atomic E-state index is -0.0370. The van der Waals surface area contributed by atoms with Gasteiger partial charge in [-0.05, 0) is 57.4 Å². The van der Waals surface area contributed by atoms with Gasteiger partial charge in [-0.25, -0.2) is 0 Å². The third-order valence-corrected chi connectivity index (χ3v) is 5.11. The van der Waals surface area contributed by atoms with E-state index in [1.165, 1.54) is 50.5 Å². The van der Waals surface area contributed by atoms with Crippen molar-refractivity contribution in [1.29, 1.82) is 0 Å². The van der Waals surface area contributed by atoms with E-state index in [-0.39, 0.29) is 6.29 Å². The number of carbonyl (C=O) groups excluding carboxylic acids is 1. The van der Waals surface area contributed by atoms with Crippen molar-refractivity contribution in [3.05, 3.63) is 48.6 Å². The van der Waals surface area contributed by atoms with Crippen molar-refractivity contribution in [3.63, 3.8) is 0 Å². The topological polar surface area (TPSA) is 35.5 Å². The van der Waals surface area contributed by atoms with Gasteiger partial charge in [-0.2, -0.15) is 0 Å². The van der Waals surface area contributed by atoms with Crippen molar-refractivity contribution >= 4 is 6.29 Å². The minimum Gasteiger partial charge on any atom is -0.353 e. The number of hydrogen-bond acceptors (Lipinski definition) is 3. The van der Waals surface area contributed by atoms with Crippen LogP contribution in [0.3, 0.4) is 0 Å². The summed E-state index contributed by atoms with van der Waals surface area (Å²) in [6, 6.07) is 8.10. The first-order valence-electron chi connectivity index (χ1n) is 10.9. The van der Waals surface area contributed by atoms with Crippen LogP contribution in [0.5, 0.6) is 0 Å². The molecule has 0 unspecified atom stereocenters. The van der Waals surface area contributed by atoms with Crippen molar-refractivity contribution in [2.24, 2.45) is 11.8 Å². The van der Waals surface area contributed by atoms with Gasteiger partial charge < -0.3 is 9.47 Å². The number of carbonyl (C=O) groups is 1. The summed E-state index contributed by atoms with van der Waals surface area (Å²) in [6.45, 7) is 15.5. The lowest BCUT2D eigenvalue weighted by molar-refractivity contribution is -0.123. The van der Waals surface area contributed by atoms with Crippen molar-refractivity contribution in [1.82, 2.24) is 0 Å². The molecule has 2 rings (SSSR count). The van der Waals surface area contributed by atoms with Crippen LogP contribution >= 0.6 is 0 Å². The zero-order valence-corrected chi connectivity index (χ0v) is 18.6. The molecule has 0 spiro atoms. The number of benzene rings is 1. The second-order valence-electron chi connectivity index (χ2n) is 7.22. The fraction of sp³-hybridized carbons (Fsp3) is 0.640. The molecule has 160 valence electrons. The molecule has 0 bridgehead atoms. The highest BCUT2D eigenvalue weighted by molar-refractivity contribution is 5.74. The monoisotopic (exact) mass is 390 g/mol. The van der Waals surface area contributed by atoms with E-state index < -0.39 is 0 Å². The molecule has 3 nitrogen and oxygen atoms in total. The Morgan fingerprint density at radius 2 is 1.46 bits per heavy atom. The maximum absolute atomic E-state index is 10.6. The largest absolute Gasteiger partial charge is 0.353 e. The van der Waals surface area contributed by atoms with Gasteiger partial charge in [0.2, 0.25) is 0 Å². The van der Waals surface area contributed by atoms with E-state index in [0.29, 0.717) is 0 Å². The Balaban J connectivity index is 0.000000618. The van der Waals surface area contributed by atoms with E-state index in [9.17, 15) is 4.79 Å². The van der Waals surface area contributed by atoms with Crippen LogP contribution in [0.4, 0.5) is 0 Å². The summed E-state index contributed by atoms with van der Waals surface area (Å²) in [4.78, 5) is 10.6. The predicted molar refractivity (Wildman–Crippen MR) is 120 cm³/mol. The lowest BCUT2D eigenvalue weighted by atomic mass is 9.78. The molecule has 1 aliphatic carbocycles. The molecule has 1 aromatic rings. The first kappa shape index (κ1) is 26.6. The van der Waals surface area contributed by atoms with Gasteiger partial charge in [0.1, 0.15) is 6.29 Å². The first-order chi connectivity index (χ1) is 13.6. The maximum atomic E-state index is 10.6. The lowest BCUT2D eigenvalue weighted by Gasteiger charge is -2.28. The fourth-order valence-electron chi connectivity index (χ4n) is 3.72. The van der Waals surface area contributed by atoms with Crippen LogP contribution in [-0.2, 0) is 15.9 Å². The van der Waals surface area contributed by atoms with E-state index in [0.717, 1.165) is 36.9 Å². The van der Waals surface area contributed by atoms with Gasteiger partial charge in [-0.15, -0.1) is 13.2 Å². The van der Waals surface area contributed by atoms with Gasteiger partial charge in [0.15, 0.2) is 6.29 Å². The molecule has 0 amide bonds. The Morgan fingerprint density at radius 3 is 1.89 bits per heavy atom. The average molecular weight is 391 g/mol. The van der Waals surface area contributed by atoms with E-state index in [4.69, 9.17) is 9.47 Å². The molecule has 3 heteroatoms. The molecule has 1 aromatic carbocycles. The quantitative estimate of drug-likeness (QED) is 0.262. The third kappa shape index (κ3) is 12.1. The summed E-state index contributed by atoms with van der Waals surface area (Å²) >= 11 is 0. The second-order valence-corrected chi connectivity index (χ2v) is 7.22. The van der Waals surface area contributed by atoms with E-state index in [2.05, 4.69) is 32.2 Å². The van der Waals surface area contributed by atoms with Crippen molar-refractivity contribution in [2.45, 2.75) is 78.9 Å². The Kier molecular flexibility index (Phi) is 16.7. The average Bonchev–Trinajstić information content (AvgIpc) is 2.73. The summed E-state index contributed by atoms with van der Waals surface area (Å²) in [5.41, 5.74) is 2.17. The number of hydrogen-bond donors (Lipinski definition) is 0. The van der Waals surface area contributed by atoms with Gasteiger partial charge >= 0.3 is 0 Å². The maximum Gasteiger partial charge on any atom is 0.154 e. The molecule has 1 saturated carbocycles. The summed E-state index contributed by atoms with van der Waals surface area (Å²) in [7, 11) is 0. The fourth-order valence-corrected chi connectivity index (χ4v) is 3.72. The zero-order chi connectivity index (χ0) is 21.2. The normalized spacial score (nSPS) is 18.5. The molecule has 0 radical (unpaired) electrons. The summed E-state index contributed by atoms with van der Waals surface area (Å²) in [5.74, 6) is 1.85. The van der Waals surface area contributed by atoms with Crippen LogP contribution in [0, 0.1) is 11.8 Å². The number of ether oxygens (including phenoxy) is 2. The van der Waals surface area contributed by atoms with Crippen LogP contribution < -0.4 is 0 Å². The van der Waals surface area contributed by atoms with Gasteiger partial charge in [-0.3, -0.25) is 4.79 Å². The smallest absolute Gasteiger partial charge is 0.154 e. The highest BCUT2D eigenvalue weighted by atomic mass is 16.7. The van der Waals surface area contributed by atoms with Gasteiger partial charge in [0.25, 0.3) is 0 Å². The van der Waals surface area contributed by atoms with Crippen LogP contribution in [0.25, 0.3) is 0 Å². The SMILES string of the molecule is C=C.CCCC1CCC(Cc2ccc(C=O)cc2)CC1.CCOC(C)OCC. The predicted octanol–water partition coefficient (Wildman–Crippen LogP) is 6.86. The molecule has 0 saturated heterocycles. The van der Waals surface area contributed by atoms with Gasteiger partial charge in [0.05, 0.1) is 0 Å². The molecular formula is C25H42O3. The van der Waals surface area contributed by atoms with Crippen LogP contribution in [0.1, 0.15) is 82.1 Å². The lowest BCUT2D eigenvalue weighted by Crippen LogP contribution is -2.16. The second kappa shape index (κ2) is 17.6. The first-order valence-corrected chi connectivity index (χ1v) is 10.9. The summed E-state index contributed by atoms with van der Waals surface area (Å²) in [5, 5.41) is 0. The Morgan fingerprint density at radius 1 is 0.964 bits per heavy atom. The van der Waals surface area contributed by atoms with Crippen LogP contribution in [0.15, 0.2) is 37.4 Å². The van der Waals surface area contributed by atoms with Gasteiger partial charge in [-0.1, -0.05) is 56.9 Å². The highest BCUT2D eigenvalue weighted by Crippen LogP contribution is 2.33. The molecule has 0 atom stereocenters. The van der Waals surface area contributed by atoms with Crippen LogP contribution in [0.2, 0.25) is 0 Å². The summed E-state index contributed by atoms with van der Waals surface area (Å²) in [6.07, 6.45) is 10.4. The molecule has 0 aromatic heterocycles. The molecule has 0 heterocycles. The molecular weight excluding hydrogens is 348 g/mol. The minimum absolute atomic E-state index is 0.0370. The molecule has 1 aliphatic rings. The van der Waals surface area contributed by atoms with Crippen molar-refractivity contribution in [2.75, 3.05) is 13.2 Å². The molecule has 1 fully saturated rings. The Bertz CT molecular complexity index is 469. The van der Waals surface area contributed by atoms with E-state index in [1.807, 2.05) is 32.9 Å². The summed E-state index contributed by atoms with van der Waals surface area (Å²) < 4.78 is 10.1. The third-order valence-electron chi connectivity index (χ3n) is 5.11. The standard InChI is InChI=1S/C17H24O.C6H14O2.C2H4/c1-2-3-14-4-6-15(7-5-14)12-16-8-10-17(13-18)11-9-16;1-4-7-6(3)8-5-2;1-2/h8-11,13-15H,2-7,12H2,1H3;6H,4-5H2,1-3H3;1-2H2. The van der Waals surface area contributed by atoms with E-state index in [1.54, 1.807) is 0 Å². The van der Waals surface area contributed by atoms with Gasteiger partial charge in [0, 0.05) is 18.8 Å². The van der Waals surface area contributed by atoms with Crippen molar-refractivity contribution in [3.8, 4) is 0 Å². The zero-order valence-electron chi connectivity index (χ0n) is 18.6. The van der Waals surface area contributed by atoms with Crippen molar-refractivity contribution < 1.29 is 14.3 Å². The number of aldehydes is 1. The van der Waals surface area contributed by atoms with Crippen LogP contribution in [-0.4, -0.2) is 25.8 Å². The Labute approximate surface area is 173 Å². The number of rotatable bonds is 9. The molecule has 0 N–H and O–H groups in total. The van der Waals surface area contributed by atoms with E-state index >= 15 is 0 Å². The molecule has 28 heavy (non-hydrogen) atoms. The highest BCUT2D eigenvalue weighted by Gasteiger charge is 2.20. The Hall–Kier alpha value is -1.45.